The van der Waals surface area contributed by atoms with Gasteiger partial charge in [0, 0.05) is 40.7 Å². The zero-order chi connectivity index (χ0) is 25.9. The van der Waals surface area contributed by atoms with Crippen molar-refractivity contribution in [1.82, 2.24) is 25.4 Å². The number of benzene rings is 2. The van der Waals surface area contributed by atoms with Crippen molar-refractivity contribution < 1.29 is 9.53 Å². The highest BCUT2D eigenvalue weighted by atomic mass is 32.1. The summed E-state index contributed by atoms with van der Waals surface area (Å²) in [5.74, 6) is 0.549. The number of carbonyl (C=O) groups is 1. The molecule has 0 radical (unpaired) electrons. The summed E-state index contributed by atoms with van der Waals surface area (Å²) < 4.78 is 6.05. The summed E-state index contributed by atoms with van der Waals surface area (Å²) in [5.41, 5.74) is 3.53. The number of ether oxygens (including phenoxy) is 1. The smallest absolute Gasteiger partial charge is 0.322 e. The fourth-order valence-electron chi connectivity index (χ4n) is 4.92. The van der Waals surface area contributed by atoms with Crippen molar-refractivity contribution >= 4 is 28.1 Å². The third-order valence-electron chi connectivity index (χ3n) is 6.90. The lowest BCUT2D eigenvalue weighted by molar-refractivity contribution is 0.0862. The molecule has 1 saturated heterocycles. The minimum absolute atomic E-state index is 0.00384. The van der Waals surface area contributed by atoms with Crippen LogP contribution < -0.4 is 14.9 Å². The van der Waals surface area contributed by atoms with Crippen molar-refractivity contribution in [3.05, 3.63) is 86.1 Å². The number of hydrogen-bond donors (Lipinski definition) is 2. The lowest BCUT2D eigenvalue weighted by Crippen LogP contribution is -2.53. The van der Waals surface area contributed by atoms with Crippen molar-refractivity contribution in [2.45, 2.75) is 51.8 Å². The number of fused-ring (bicyclic) bond motifs is 1. The van der Waals surface area contributed by atoms with Crippen molar-refractivity contribution in [2.24, 2.45) is 0 Å². The molecule has 9 heteroatoms. The Bertz CT molecular complexity index is 1450. The number of carbonyl (C=O) groups excluding carboxylic acids is 1. The number of aromatic nitrogens is 3. The molecular formula is C28H31N5O3S. The van der Waals surface area contributed by atoms with E-state index < -0.39 is 0 Å². The summed E-state index contributed by atoms with van der Waals surface area (Å²) in [7, 11) is 0. The van der Waals surface area contributed by atoms with Crippen molar-refractivity contribution in [3.63, 3.8) is 0 Å². The van der Waals surface area contributed by atoms with Gasteiger partial charge in [0.1, 0.15) is 17.4 Å². The van der Waals surface area contributed by atoms with Crippen LogP contribution in [0.15, 0.2) is 59.4 Å². The van der Waals surface area contributed by atoms with Crippen LogP contribution in [0.5, 0.6) is 5.75 Å². The number of H-pyrrole nitrogens is 1. The van der Waals surface area contributed by atoms with Crippen molar-refractivity contribution in [1.29, 1.82) is 0 Å². The molecule has 1 aliphatic heterocycles. The van der Waals surface area contributed by atoms with E-state index in [4.69, 9.17) is 4.74 Å². The number of amides is 1. The average Bonchev–Trinajstić information content (AvgIpc) is 3.33. The van der Waals surface area contributed by atoms with Gasteiger partial charge in [0.25, 0.3) is 5.91 Å². The van der Waals surface area contributed by atoms with Gasteiger partial charge in [-0.15, -0.1) is 0 Å². The monoisotopic (exact) mass is 517 g/mol. The van der Waals surface area contributed by atoms with E-state index in [0.29, 0.717) is 30.5 Å². The zero-order valence-corrected chi connectivity index (χ0v) is 22.0. The number of pyridine rings is 1. The third kappa shape index (κ3) is 5.73. The van der Waals surface area contributed by atoms with Crippen LogP contribution >= 0.6 is 11.3 Å². The summed E-state index contributed by atoms with van der Waals surface area (Å²) in [6.07, 6.45) is 0.833. The van der Waals surface area contributed by atoms with Crippen molar-refractivity contribution in [3.8, 4) is 5.75 Å². The first-order valence-corrected chi connectivity index (χ1v) is 13.4. The maximum Gasteiger partial charge on any atom is 0.322 e. The van der Waals surface area contributed by atoms with Gasteiger partial charge in [0.2, 0.25) is 0 Å². The number of piperidine rings is 1. The molecule has 192 valence electrons. The normalized spacial score (nSPS) is 18.3. The highest BCUT2D eigenvalue weighted by molar-refractivity contribution is 7.08. The quantitative estimate of drug-likeness (QED) is 0.380. The molecule has 2 atom stereocenters. The van der Waals surface area contributed by atoms with Gasteiger partial charge in [-0.3, -0.25) is 19.5 Å². The molecule has 0 saturated carbocycles. The van der Waals surface area contributed by atoms with Gasteiger partial charge in [-0.1, -0.05) is 29.5 Å². The molecule has 5 rings (SSSR count). The predicted molar refractivity (Wildman–Crippen MR) is 145 cm³/mol. The summed E-state index contributed by atoms with van der Waals surface area (Å²) in [4.78, 5) is 31.6. The number of hydrogen-bond acceptors (Lipinski definition) is 7. The van der Waals surface area contributed by atoms with Gasteiger partial charge >= 0.3 is 4.87 Å². The van der Waals surface area contributed by atoms with E-state index in [1.807, 2.05) is 43.3 Å². The van der Waals surface area contributed by atoms with Crippen LogP contribution in [0.3, 0.4) is 0 Å². The topological polar surface area (TPSA) is 100 Å². The maximum absolute atomic E-state index is 13.2. The highest BCUT2D eigenvalue weighted by Gasteiger charge is 2.34. The fraction of sp³-hybridized carbons (Fsp3) is 0.357. The zero-order valence-electron chi connectivity index (χ0n) is 21.2. The Kier molecular flexibility index (Phi) is 7.34. The summed E-state index contributed by atoms with van der Waals surface area (Å²) >= 11 is 1.13. The average molecular weight is 518 g/mol. The van der Waals surface area contributed by atoms with Gasteiger partial charge < -0.3 is 10.1 Å². The fourth-order valence-corrected chi connectivity index (χ4v) is 5.72. The Labute approximate surface area is 219 Å². The summed E-state index contributed by atoms with van der Waals surface area (Å²) in [6, 6.07) is 17.5. The molecule has 1 aliphatic rings. The van der Waals surface area contributed by atoms with Crippen LogP contribution in [-0.2, 0) is 6.61 Å². The Morgan fingerprint density at radius 3 is 2.73 bits per heavy atom. The second-order valence-electron chi connectivity index (χ2n) is 9.77. The number of likely N-dealkylation sites (tertiary alicyclic amines) is 1. The second-order valence-corrected chi connectivity index (χ2v) is 10.8. The van der Waals surface area contributed by atoms with Gasteiger partial charge in [0.05, 0.1) is 11.6 Å². The molecule has 2 aromatic carbocycles. The van der Waals surface area contributed by atoms with Crippen LogP contribution in [0.25, 0.3) is 10.9 Å². The standard InChI is InChI=1S/C28H31N5O3S/c1-17(2)33-13-12-23(27-31-32-28(35)37-27)25(15-33)30-26(34)19-8-10-21(11-9-19)36-16-20-14-18(3)29-24-7-5-4-6-22(20)24/h4-11,14,17,23,25H,12-13,15-16H2,1-3H3,(H,30,34)(H,32,35). The largest absolute Gasteiger partial charge is 0.489 e. The van der Waals surface area contributed by atoms with E-state index in [1.165, 1.54) is 0 Å². The van der Waals surface area contributed by atoms with Gasteiger partial charge in [0.15, 0.2) is 0 Å². The number of aromatic amines is 1. The van der Waals surface area contributed by atoms with E-state index in [-0.39, 0.29) is 22.7 Å². The van der Waals surface area contributed by atoms with Crippen LogP contribution in [0, 0.1) is 6.92 Å². The Balaban J connectivity index is 1.27. The van der Waals surface area contributed by atoms with E-state index in [2.05, 4.69) is 45.3 Å². The highest BCUT2D eigenvalue weighted by Crippen LogP contribution is 2.29. The molecule has 2 aromatic heterocycles. The van der Waals surface area contributed by atoms with Crippen LogP contribution in [0.4, 0.5) is 0 Å². The number of nitrogens with zero attached hydrogens (tertiary/aromatic N) is 3. The lowest BCUT2D eigenvalue weighted by atomic mass is 9.91. The first kappa shape index (κ1) is 25.1. The molecule has 2 unspecified atom stereocenters. The third-order valence-corrected chi connectivity index (χ3v) is 7.78. The van der Waals surface area contributed by atoms with E-state index in [9.17, 15) is 9.59 Å². The first-order chi connectivity index (χ1) is 17.9. The van der Waals surface area contributed by atoms with Crippen LogP contribution in [0.1, 0.15) is 52.8 Å². The van der Waals surface area contributed by atoms with Crippen LogP contribution in [0.2, 0.25) is 0 Å². The van der Waals surface area contributed by atoms with Gasteiger partial charge in [-0.2, -0.15) is 5.10 Å². The molecule has 1 amide bonds. The number of rotatable bonds is 7. The SMILES string of the molecule is Cc1cc(COc2ccc(C(=O)NC3CN(C(C)C)CCC3c3n[nH]c(=O)s3)cc2)c2ccccc2n1. The lowest BCUT2D eigenvalue weighted by Gasteiger charge is -2.40. The molecule has 4 aromatic rings. The molecule has 2 N–H and O–H groups in total. The van der Waals surface area contributed by atoms with E-state index in [1.54, 1.807) is 12.1 Å². The predicted octanol–water partition coefficient (Wildman–Crippen LogP) is 4.26. The molecule has 0 aliphatic carbocycles. The minimum Gasteiger partial charge on any atom is -0.489 e. The second kappa shape index (κ2) is 10.8. The summed E-state index contributed by atoms with van der Waals surface area (Å²) in [6.45, 7) is 8.31. The van der Waals surface area contributed by atoms with E-state index in [0.717, 1.165) is 51.5 Å². The molecule has 37 heavy (non-hydrogen) atoms. The minimum atomic E-state index is -0.170. The molecule has 8 nitrogen and oxygen atoms in total. The molecule has 0 spiro atoms. The number of aryl methyl sites for hydroxylation is 1. The van der Waals surface area contributed by atoms with Gasteiger partial charge in [-0.05, 0) is 70.1 Å². The summed E-state index contributed by atoms with van der Waals surface area (Å²) in [5, 5.41) is 11.8. The van der Waals surface area contributed by atoms with Crippen LogP contribution in [-0.4, -0.2) is 51.2 Å². The molecule has 1 fully saturated rings. The Hall–Kier alpha value is -3.56. The van der Waals surface area contributed by atoms with Crippen molar-refractivity contribution in [2.75, 3.05) is 13.1 Å². The maximum atomic E-state index is 13.2. The molecule has 3 heterocycles. The molecule has 0 bridgehead atoms. The first-order valence-electron chi connectivity index (χ1n) is 12.6. The van der Waals surface area contributed by atoms with E-state index >= 15 is 0 Å². The number of nitrogens with one attached hydrogen (secondary N) is 2. The Morgan fingerprint density at radius 1 is 1.22 bits per heavy atom. The Morgan fingerprint density at radius 2 is 2.00 bits per heavy atom. The number of para-hydroxylation sites is 1. The molecular weight excluding hydrogens is 486 g/mol. The van der Waals surface area contributed by atoms with Gasteiger partial charge in [-0.25, -0.2) is 5.10 Å².